The van der Waals surface area contributed by atoms with Gasteiger partial charge in [-0.2, -0.15) is 0 Å². The van der Waals surface area contributed by atoms with Gasteiger partial charge in [-0.25, -0.2) is 0 Å². The molecule has 0 spiro atoms. The Balaban J connectivity index is 0.000000605. The highest BCUT2D eigenvalue weighted by Crippen LogP contribution is 2.35. The van der Waals surface area contributed by atoms with Gasteiger partial charge in [-0.15, -0.1) is 12.4 Å². The van der Waals surface area contributed by atoms with Gasteiger partial charge in [0, 0.05) is 12.0 Å². The highest BCUT2D eigenvalue weighted by molar-refractivity contribution is 5.85. The Labute approximate surface area is 72.6 Å². The summed E-state index contributed by atoms with van der Waals surface area (Å²) in [7, 11) is 0. The Hall–Kier alpha value is 0.170. The van der Waals surface area contributed by atoms with E-state index in [-0.39, 0.29) is 17.8 Å². The smallest absolute Gasteiger partial charge is 0.0816 e. The zero-order valence-corrected chi connectivity index (χ0v) is 7.23. The van der Waals surface area contributed by atoms with E-state index in [1.54, 1.807) is 0 Å². The Kier molecular flexibility index (Phi) is 2.75. The largest absolute Gasteiger partial charge is 0.378 e. The molecule has 2 unspecified atom stereocenters. The molecule has 66 valence electrons. The standard InChI is InChI=1S/C7H13NO2.ClH/c8-3-7-1-6(10-5-7)2-9-4-7;/h6H,1-5,8H2;1H. The van der Waals surface area contributed by atoms with Crippen molar-refractivity contribution < 1.29 is 9.47 Å². The number of nitrogens with two attached hydrogens (primary N) is 1. The minimum Gasteiger partial charge on any atom is -0.378 e. The molecule has 0 aromatic heterocycles. The first-order valence-corrected chi connectivity index (χ1v) is 3.74. The van der Waals surface area contributed by atoms with Crippen molar-refractivity contribution in [2.24, 2.45) is 11.1 Å². The maximum Gasteiger partial charge on any atom is 0.0816 e. The third-order valence-electron chi connectivity index (χ3n) is 2.43. The molecule has 11 heavy (non-hydrogen) atoms. The van der Waals surface area contributed by atoms with Crippen molar-refractivity contribution >= 4 is 12.4 Å². The number of hydrogen-bond donors (Lipinski definition) is 1. The average Bonchev–Trinajstić information content (AvgIpc) is 2.29. The van der Waals surface area contributed by atoms with E-state index in [1.807, 2.05) is 0 Å². The van der Waals surface area contributed by atoms with Crippen molar-refractivity contribution in [3.05, 3.63) is 0 Å². The third-order valence-corrected chi connectivity index (χ3v) is 2.43. The fourth-order valence-electron chi connectivity index (χ4n) is 1.71. The second-order valence-corrected chi connectivity index (χ2v) is 3.36. The van der Waals surface area contributed by atoms with Crippen LogP contribution in [0.5, 0.6) is 0 Å². The monoisotopic (exact) mass is 179 g/mol. The van der Waals surface area contributed by atoms with Crippen LogP contribution in [0.15, 0.2) is 0 Å². The molecule has 2 aliphatic rings. The molecule has 3 nitrogen and oxygen atoms in total. The lowest BCUT2D eigenvalue weighted by Crippen LogP contribution is -2.39. The molecule has 0 saturated carbocycles. The van der Waals surface area contributed by atoms with Crippen molar-refractivity contribution in [3.8, 4) is 0 Å². The lowest BCUT2D eigenvalue weighted by atomic mass is 9.85. The van der Waals surface area contributed by atoms with E-state index in [2.05, 4.69) is 0 Å². The van der Waals surface area contributed by atoms with Crippen LogP contribution in [0.1, 0.15) is 6.42 Å². The van der Waals surface area contributed by atoms with E-state index in [0.29, 0.717) is 12.6 Å². The Bertz CT molecular complexity index is 140. The van der Waals surface area contributed by atoms with Crippen LogP contribution in [-0.2, 0) is 9.47 Å². The van der Waals surface area contributed by atoms with Gasteiger partial charge in [0.15, 0.2) is 0 Å². The molecule has 2 atom stereocenters. The van der Waals surface area contributed by atoms with Crippen molar-refractivity contribution in [1.82, 2.24) is 0 Å². The number of ether oxygens (including phenoxy) is 2. The van der Waals surface area contributed by atoms with Crippen LogP contribution in [0.25, 0.3) is 0 Å². The Morgan fingerprint density at radius 1 is 1.45 bits per heavy atom. The summed E-state index contributed by atoms with van der Waals surface area (Å²) < 4.78 is 10.8. The highest BCUT2D eigenvalue weighted by atomic mass is 35.5. The third kappa shape index (κ3) is 1.51. The normalized spacial score (nSPS) is 41.7. The lowest BCUT2D eigenvalue weighted by Gasteiger charge is -2.28. The predicted molar refractivity (Wildman–Crippen MR) is 43.9 cm³/mol. The molecule has 0 aromatic rings. The van der Waals surface area contributed by atoms with E-state index >= 15 is 0 Å². The molecule has 2 N–H and O–H groups in total. The Morgan fingerprint density at radius 2 is 2.27 bits per heavy atom. The molecule has 2 bridgehead atoms. The summed E-state index contributed by atoms with van der Waals surface area (Å²) in [5, 5.41) is 0. The van der Waals surface area contributed by atoms with Gasteiger partial charge in [-0.1, -0.05) is 0 Å². The van der Waals surface area contributed by atoms with Crippen molar-refractivity contribution in [3.63, 3.8) is 0 Å². The summed E-state index contributed by atoms with van der Waals surface area (Å²) in [4.78, 5) is 0. The van der Waals surface area contributed by atoms with E-state index in [0.717, 1.165) is 26.2 Å². The van der Waals surface area contributed by atoms with Gasteiger partial charge >= 0.3 is 0 Å². The molecule has 2 saturated heterocycles. The average molecular weight is 180 g/mol. The molecule has 4 heteroatoms. The predicted octanol–water partition coefficient (Wildman–Crippen LogP) is 0.172. The Morgan fingerprint density at radius 3 is 2.91 bits per heavy atom. The van der Waals surface area contributed by atoms with E-state index in [4.69, 9.17) is 15.2 Å². The SMILES string of the molecule is Cl.NCC12COCC(C1)OC2. The first-order chi connectivity index (χ1) is 4.85. The van der Waals surface area contributed by atoms with Gasteiger partial charge in [0.25, 0.3) is 0 Å². The second-order valence-electron chi connectivity index (χ2n) is 3.36. The fourth-order valence-corrected chi connectivity index (χ4v) is 1.71. The first kappa shape index (κ1) is 9.26. The minimum atomic E-state index is 0. The minimum absolute atomic E-state index is 0. The zero-order valence-electron chi connectivity index (χ0n) is 6.41. The molecule has 0 aromatic carbocycles. The molecule has 2 fully saturated rings. The summed E-state index contributed by atoms with van der Waals surface area (Å²) in [6, 6.07) is 0. The second kappa shape index (κ2) is 3.27. The summed E-state index contributed by atoms with van der Waals surface area (Å²) in [5.41, 5.74) is 5.78. The number of halogens is 1. The van der Waals surface area contributed by atoms with Crippen LogP contribution in [0.4, 0.5) is 0 Å². The van der Waals surface area contributed by atoms with E-state index < -0.39 is 0 Å². The molecule has 2 heterocycles. The molecule has 0 aliphatic carbocycles. The zero-order chi connectivity index (χ0) is 7.03. The van der Waals surface area contributed by atoms with Gasteiger partial charge in [0.1, 0.15) is 0 Å². The van der Waals surface area contributed by atoms with E-state index in [1.165, 1.54) is 0 Å². The number of fused-ring (bicyclic) bond motifs is 2. The highest BCUT2D eigenvalue weighted by Gasteiger charge is 2.42. The van der Waals surface area contributed by atoms with Gasteiger partial charge in [0.2, 0.25) is 0 Å². The van der Waals surface area contributed by atoms with Gasteiger partial charge < -0.3 is 15.2 Å². The first-order valence-electron chi connectivity index (χ1n) is 3.74. The molecule has 0 radical (unpaired) electrons. The van der Waals surface area contributed by atoms with Gasteiger partial charge in [-0.05, 0) is 6.42 Å². The van der Waals surface area contributed by atoms with Gasteiger partial charge in [-0.3, -0.25) is 0 Å². The maximum absolute atomic E-state index is 5.62. The topological polar surface area (TPSA) is 44.5 Å². The van der Waals surface area contributed by atoms with Crippen LogP contribution >= 0.6 is 12.4 Å². The van der Waals surface area contributed by atoms with Crippen LogP contribution < -0.4 is 5.73 Å². The quantitative estimate of drug-likeness (QED) is 0.625. The van der Waals surface area contributed by atoms with Crippen molar-refractivity contribution in [1.29, 1.82) is 0 Å². The lowest BCUT2D eigenvalue weighted by molar-refractivity contribution is 0.000739. The fraction of sp³-hybridized carbons (Fsp3) is 1.00. The maximum atomic E-state index is 5.62. The summed E-state index contributed by atoms with van der Waals surface area (Å²) in [6.45, 7) is 3.05. The van der Waals surface area contributed by atoms with Gasteiger partial charge in [0.05, 0.1) is 25.9 Å². The summed E-state index contributed by atoms with van der Waals surface area (Å²) in [5.74, 6) is 0. The van der Waals surface area contributed by atoms with E-state index in [9.17, 15) is 0 Å². The summed E-state index contributed by atoms with van der Waals surface area (Å²) in [6.07, 6.45) is 1.43. The van der Waals surface area contributed by atoms with Crippen LogP contribution in [-0.4, -0.2) is 32.5 Å². The van der Waals surface area contributed by atoms with Crippen LogP contribution in [0, 0.1) is 5.41 Å². The van der Waals surface area contributed by atoms with Crippen molar-refractivity contribution in [2.45, 2.75) is 12.5 Å². The molecule has 2 aliphatic heterocycles. The van der Waals surface area contributed by atoms with Crippen LogP contribution in [0.3, 0.4) is 0 Å². The molecule has 2 rings (SSSR count). The van der Waals surface area contributed by atoms with Crippen molar-refractivity contribution in [2.75, 3.05) is 26.4 Å². The number of rotatable bonds is 1. The molecular formula is C7H14ClNO2. The molecular weight excluding hydrogens is 166 g/mol. The summed E-state index contributed by atoms with van der Waals surface area (Å²) >= 11 is 0. The molecule has 0 amide bonds. The van der Waals surface area contributed by atoms with Crippen LogP contribution in [0.2, 0.25) is 0 Å². The number of hydrogen-bond acceptors (Lipinski definition) is 3.